The van der Waals surface area contributed by atoms with Crippen molar-refractivity contribution in [1.29, 1.82) is 0 Å². The van der Waals surface area contributed by atoms with Crippen molar-refractivity contribution >= 4 is 17.4 Å². The van der Waals surface area contributed by atoms with E-state index in [1.165, 1.54) is 30.0 Å². The van der Waals surface area contributed by atoms with Crippen LogP contribution in [0.5, 0.6) is 0 Å². The molecule has 2 aromatic carbocycles. The predicted octanol–water partition coefficient (Wildman–Crippen LogP) is 5.03. The first-order valence-corrected chi connectivity index (χ1v) is 7.10. The number of benzene rings is 2. The first-order chi connectivity index (χ1) is 9.77. The highest BCUT2D eigenvalue weighted by molar-refractivity contribution is 7.98. The number of anilines is 1. The van der Waals surface area contributed by atoms with Crippen molar-refractivity contribution in [3.05, 3.63) is 58.9 Å². The monoisotopic (exact) mass is 315 g/mol. The van der Waals surface area contributed by atoms with E-state index in [4.69, 9.17) is 5.73 Å². The minimum absolute atomic E-state index is 0.0922. The van der Waals surface area contributed by atoms with Crippen LogP contribution in [0, 0.1) is 12.7 Å². The van der Waals surface area contributed by atoms with Gasteiger partial charge < -0.3 is 5.73 Å². The van der Waals surface area contributed by atoms with Crippen molar-refractivity contribution in [2.24, 2.45) is 0 Å². The van der Waals surface area contributed by atoms with Gasteiger partial charge in [-0.2, -0.15) is 13.2 Å². The molecule has 0 aromatic heterocycles. The maximum absolute atomic E-state index is 13.0. The van der Waals surface area contributed by atoms with Gasteiger partial charge in [-0.3, -0.25) is 0 Å². The molecule has 2 aromatic rings. The molecule has 2 rings (SSSR count). The van der Waals surface area contributed by atoms with Gasteiger partial charge in [-0.05, 0) is 48.4 Å². The topological polar surface area (TPSA) is 26.0 Å². The summed E-state index contributed by atoms with van der Waals surface area (Å²) in [4.78, 5) is 0.576. The van der Waals surface area contributed by atoms with Gasteiger partial charge >= 0.3 is 6.18 Å². The quantitative estimate of drug-likeness (QED) is 0.488. The van der Waals surface area contributed by atoms with Crippen molar-refractivity contribution < 1.29 is 17.6 Å². The lowest BCUT2D eigenvalue weighted by Gasteiger charge is -2.11. The Balaban J connectivity index is 2.13. The third-order valence-corrected chi connectivity index (χ3v) is 4.16. The van der Waals surface area contributed by atoms with Crippen LogP contribution in [0.4, 0.5) is 23.2 Å². The Morgan fingerprint density at radius 1 is 1.10 bits per heavy atom. The Hall–Kier alpha value is -1.69. The van der Waals surface area contributed by atoms with E-state index in [1.54, 1.807) is 13.0 Å². The lowest BCUT2D eigenvalue weighted by atomic mass is 10.1. The Kier molecular flexibility index (Phi) is 4.46. The fourth-order valence-electron chi connectivity index (χ4n) is 1.83. The van der Waals surface area contributed by atoms with Crippen LogP contribution in [0.3, 0.4) is 0 Å². The third kappa shape index (κ3) is 3.91. The number of aryl methyl sites for hydroxylation is 1. The summed E-state index contributed by atoms with van der Waals surface area (Å²) in [6, 6.07) is 7.75. The van der Waals surface area contributed by atoms with Crippen LogP contribution in [-0.2, 0) is 11.9 Å². The van der Waals surface area contributed by atoms with Crippen LogP contribution in [0.25, 0.3) is 0 Å². The highest BCUT2D eigenvalue weighted by Gasteiger charge is 2.30. The standard InChI is InChI=1S/C15H13F4NS/c1-9-6-12(16)4-2-10(9)8-21-14-5-3-11(7-13(14)20)15(17,18)19/h2-7H,8,20H2,1H3. The van der Waals surface area contributed by atoms with E-state index in [0.717, 1.165) is 23.3 Å². The van der Waals surface area contributed by atoms with Gasteiger partial charge in [0.05, 0.1) is 5.56 Å². The molecule has 0 bridgehead atoms. The summed E-state index contributed by atoms with van der Waals surface area (Å²) in [7, 11) is 0. The van der Waals surface area contributed by atoms with E-state index >= 15 is 0 Å². The van der Waals surface area contributed by atoms with E-state index in [-0.39, 0.29) is 11.5 Å². The van der Waals surface area contributed by atoms with Gasteiger partial charge in [0.2, 0.25) is 0 Å². The second-order valence-corrected chi connectivity index (χ2v) is 5.63. The maximum atomic E-state index is 13.0. The molecular weight excluding hydrogens is 302 g/mol. The summed E-state index contributed by atoms with van der Waals surface area (Å²) in [5.41, 5.74) is 6.71. The molecule has 0 aliphatic rings. The van der Waals surface area contributed by atoms with Crippen molar-refractivity contribution in [3.8, 4) is 0 Å². The fraction of sp³-hybridized carbons (Fsp3) is 0.200. The molecule has 1 nitrogen and oxygen atoms in total. The number of nitrogen functional groups attached to an aromatic ring is 1. The normalized spacial score (nSPS) is 11.7. The molecule has 0 fully saturated rings. The lowest BCUT2D eigenvalue weighted by molar-refractivity contribution is -0.137. The third-order valence-electron chi connectivity index (χ3n) is 3.02. The zero-order valence-corrected chi connectivity index (χ0v) is 12.0. The summed E-state index contributed by atoms with van der Waals surface area (Å²) < 4.78 is 50.6. The molecule has 0 heterocycles. The van der Waals surface area contributed by atoms with Crippen LogP contribution in [-0.4, -0.2) is 0 Å². The molecule has 0 spiro atoms. The van der Waals surface area contributed by atoms with Crippen LogP contribution >= 0.6 is 11.8 Å². The van der Waals surface area contributed by atoms with Gasteiger partial charge in [0, 0.05) is 16.3 Å². The number of alkyl halides is 3. The van der Waals surface area contributed by atoms with Crippen LogP contribution in [0.15, 0.2) is 41.3 Å². The highest BCUT2D eigenvalue weighted by Crippen LogP contribution is 2.35. The molecule has 0 amide bonds. The average Bonchev–Trinajstić information content (AvgIpc) is 2.38. The molecule has 0 saturated heterocycles. The summed E-state index contributed by atoms with van der Waals surface area (Å²) in [5, 5.41) is 0. The van der Waals surface area contributed by atoms with Crippen LogP contribution in [0.2, 0.25) is 0 Å². The minimum Gasteiger partial charge on any atom is -0.398 e. The zero-order chi connectivity index (χ0) is 15.6. The molecule has 0 aliphatic carbocycles. The van der Waals surface area contributed by atoms with Gasteiger partial charge in [-0.15, -0.1) is 11.8 Å². The number of thioether (sulfide) groups is 1. The molecule has 6 heteroatoms. The largest absolute Gasteiger partial charge is 0.416 e. The summed E-state index contributed by atoms with van der Waals surface area (Å²) in [6.45, 7) is 1.79. The van der Waals surface area contributed by atoms with Crippen molar-refractivity contribution in [2.75, 3.05) is 5.73 Å². The van der Waals surface area contributed by atoms with Gasteiger partial charge in [0.15, 0.2) is 0 Å². The molecule has 112 valence electrons. The maximum Gasteiger partial charge on any atom is 0.416 e. The Bertz CT molecular complexity index is 653. The average molecular weight is 315 g/mol. The SMILES string of the molecule is Cc1cc(F)ccc1CSc1ccc(C(F)(F)F)cc1N. The van der Waals surface area contributed by atoms with E-state index in [0.29, 0.717) is 10.6 Å². The molecule has 21 heavy (non-hydrogen) atoms. The molecule has 0 saturated carbocycles. The van der Waals surface area contributed by atoms with Gasteiger partial charge in [-0.25, -0.2) is 4.39 Å². The molecule has 2 N–H and O–H groups in total. The number of halogens is 4. The Morgan fingerprint density at radius 2 is 1.81 bits per heavy atom. The van der Waals surface area contributed by atoms with Crippen molar-refractivity contribution in [2.45, 2.75) is 23.7 Å². The van der Waals surface area contributed by atoms with Crippen molar-refractivity contribution in [3.63, 3.8) is 0 Å². The summed E-state index contributed by atoms with van der Waals surface area (Å²) >= 11 is 1.32. The molecule has 0 unspecified atom stereocenters. The lowest BCUT2D eigenvalue weighted by Crippen LogP contribution is -2.05. The summed E-state index contributed by atoms with van der Waals surface area (Å²) in [5.74, 6) is 0.206. The van der Waals surface area contributed by atoms with Gasteiger partial charge in [0.1, 0.15) is 5.82 Å². The second kappa shape index (κ2) is 5.97. The van der Waals surface area contributed by atoms with Gasteiger partial charge in [-0.1, -0.05) is 6.07 Å². The first-order valence-electron chi connectivity index (χ1n) is 6.12. The Labute approximate surface area is 124 Å². The minimum atomic E-state index is -4.40. The zero-order valence-electron chi connectivity index (χ0n) is 11.2. The molecule has 0 atom stereocenters. The molecule has 0 aliphatic heterocycles. The van der Waals surface area contributed by atoms with Crippen LogP contribution in [0.1, 0.15) is 16.7 Å². The first kappa shape index (κ1) is 15.7. The smallest absolute Gasteiger partial charge is 0.398 e. The molecular formula is C15H13F4NS. The Morgan fingerprint density at radius 3 is 2.38 bits per heavy atom. The van der Waals surface area contributed by atoms with Crippen molar-refractivity contribution in [1.82, 2.24) is 0 Å². The predicted molar refractivity (Wildman–Crippen MR) is 76.6 cm³/mol. The van der Waals surface area contributed by atoms with E-state index in [2.05, 4.69) is 0 Å². The fourth-order valence-corrected chi connectivity index (χ4v) is 2.86. The van der Waals surface area contributed by atoms with E-state index in [9.17, 15) is 17.6 Å². The van der Waals surface area contributed by atoms with Crippen LogP contribution < -0.4 is 5.73 Å². The number of hydrogen-bond donors (Lipinski definition) is 1. The summed E-state index contributed by atoms with van der Waals surface area (Å²) in [6.07, 6.45) is -4.40. The molecule has 0 radical (unpaired) electrons. The number of hydrogen-bond acceptors (Lipinski definition) is 2. The number of nitrogens with two attached hydrogens (primary N) is 1. The van der Waals surface area contributed by atoms with E-state index < -0.39 is 11.7 Å². The van der Waals surface area contributed by atoms with E-state index in [1.807, 2.05) is 0 Å². The van der Waals surface area contributed by atoms with Gasteiger partial charge in [0.25, 0.3) is 0 Å². The highest BCUT2D eigenvalue weighted by atomic mass is 32.2. The second-order valence-electron chi connectivity index (χ2n) is 4.61. The number of rotatable bonds is 3.